The number of hydrogen-bond acceptors (Lipinski definition) is 6. The molecule has 0 aliphatic carbocycles. The van der Waals surface area contributed by atoms with Crippen LogP contribution in [0.2, 0.25) is 0 Å². The number of hydrogen-bond donors (Lipinski definition) is 4. The van der Waals surface area contributed by atoms with E-state index in [1.807, 2.05) is 5.01 Å². The summed E-state index contributed by atoms with van der Waals surface area (Å²) in [6, 6.07) is 0.199. The van der Waals surface area contributed by atoms with Crippen LogP contribution in [0.4, 0.5) is 0 Å². The van der Waals surface area contributed by atoms with Gasteiger partial charge in [0.25, 0.3) is 0 Å². The van der Waals surface area contributed by atoms with Crippen molar-refractivity contribution in [3.8, 4) is 0 Å². The molecule has 4 atom stereocenters. The topological polar surface area (TPSA) is 87.4 Å². The van der Waals surface area contributed by atoms with Crippen LogP contribution in [0.15, 0.2) is 0 Å². The Morgan fingerprint density at radius 1 is 1.17 bits per heavy atom. The van der Waals surface area contributed by atoms with E-state index in [-0.39, 0.29) is 12.6 Å². The summed E-state index contributed by atoms with van der Waals surface area (Å²) < 4.78 is 0. The fraction of sp³-hybridized carbons (Fsp3) is 1.00. The summed E-state index contributed by atoms with van der Waals surface area (Å²) in [6.07, 6.45) is 1.35. The molecule has 0 aromatic heterocycles. The first-order chi connectivity index (χ1) is 8.60. The maximum atomic E-state index is 9.71. The molecule has 4 N–H and O–H groups in total. The van der Waals surface area contributed by atoms with Gasteiger partial charge in [0.1, 0.15) is 0 Å². The summed E-state index contributed by atoms with van der Waals surface area (Å²) in [7, 11) is 0. The van der Waals surface area contributed by atoms with Crippen LogP contribution >= 0.6 is 0 Å². The van der Waals surface area contributed by atoms with Crippen LogP contribution < -0.4 is 0 Å². The quantitative estimate of drug-likeness (QED) is 0.494. The molecule has 0 spiro atoms. The highest BCUT2D eigenvalue weighted by molar-refractivity contribution is 4.84. The molecule has 2 aliphatic rings. The van der Waals surface area contributed by atoms with Gasteiger partial charge in [0.2, 0.25) is 0 Å². The van der Waals surface area contributed by atoms with E-state index in [9.17, 15) is 15.3 Å². The predicted octanol–water partition coefficient (Wildman–Crippen LogP) is -1.46. The molecule has 2 aliphatic heterocycles. The summed E-state index contributed by atoms with van der Waals surface area (Å²) >= 11 is 0. The van der Waals surface area contributed by atoms with Crippen molar-refractivity contribution in [2.24, 2.45) is 0 Å². The fourth-order valence-electron chi connectivity index (χ4n) is 3.05. The number of β-amino-alcohol motifs (C(OH)–C–C–N with tert-alkyl or cyclic N) is 2. The van der Waals surface area contributed by atoms with Crippen LogP contribution in [0.25, 0.3) is 0 Å². The van der Waals surface area contributed by atoms with Crippen molar-refractivity contribution >= 4 is 0 Å². The smallest absolute Gasteiger partial charge is 0.0786 e. The summed E-state index contributed by atoms with van der Waals surface area (Å²) in [5, 5.41) is 42.0. The lowest BCUT2D eigenvalue weighted by Gasteiger charge is -2.42. The van der Waals surface area contributed by atoms with Gasteiger partial charge in [-0.05, 0) is 19.3 Å². The molecule has 4 unspecified atom stereocenters. The third-order valence-corrected chi connectivity index (χ3v) is 3.85. The van der Waals surface area contributed by atoms with E-state index in [2.05, 4.69) is 5.01 Å². The third kappa shape index (κ3) is 3.40. The van der Waals surface area contributed by atoms with Crippen LogP contribution in [0.5, 0.6) is 0 Å². The van der Waals surface area contributed by atoms with Gasteiger partial charge in [-0.2, -0.15) is 0 Å². The van der Waals surface area contributed by atoms with Crippen molar-refractivity contribution in [1.82, 2.24) is 10.0 Å². The molecule has 106 valence electrons. The lowest BCUT2D eigenvalue weighted by Crippen LogP contribution is -2.55. The predicted molar refractivity (Wildman–Crippen MR) is 65.6 cm³/mol. The Morgan fingerprint density at radius 3 is 2.44 bits per heavy atom. The van der Waals surface area contributed by atoms with Crippen molar-refractivity contribution in [2.45, 2.75) is 50.0 Å². The zero-order chi connectivity index (χ0) is 13.1. The molecule has 2 rings (SSSR count). The Bertz CT molecular complexity index is 256. The lowest BCUT2D eigenvalue weighted by atomic mass is 10.1. The minimum atomic E-state index is -0.685. The maximum absolute atomic E-state index is 9.71. The molecule has 2 saturated heterocycles. The van der Waals surface area contributed by atoms with E-state index < -0.39 is 18.3 Å². The molecule has 18 heavy (non-hydrogen) atoms. The van der Waals surface area contributed by atoms with Crippen molar-refractivity contribution < 1.29 is 20.4 Å². The van der Waals surface area contributed by atoms with Crippen LogP contribution in [0, 0.1) is 0 Å². The Balaban J connectivity index is 1.93. The van der Waals surface area contributed by atoms with E-state index in [0.29, 0.717) is 25.9 Å². The molecular weight excluding hydrogens is 236 g/mol. The summed E-state index contributed by atoms with van der Waals surface area (Å²) in [5.74, 6) is 0. The minimum absolute atomic E-state index is 0.199. The van der Waals surface area contributed by atoms with Gasteiger partial charge in [-0.25, -0.2) is 10.0 Å². The molecule has 0 saturated carbocycles. The summed E-state index contributed by atoms with van der Waals surface area (Å²) in [5.41, 5.74) is 0. The van der Waals surface area contributed by atoms with Gasteiger partial charge in [0.15, 0.2) is 0 Å². The first kappa shape index (κ1) is 14.2. The standard InChI is InChI=1S/C12H24N2O4/c15-8-12(18)4-9-2-1-3-14(9)13-6-10(16)5-11(17)7-13/h9-12,15-18H,1-8H2. The highest BCUT2D eigenvalue weighted by Gasteiger charge is 2.35. The van der Waals surface area contributed by atoms with E-state index in [1.54, 1.807) is 0 Å². The summed E-state index contributed by atoms with van der Waals surface area (Å²) in [6.45, 7) is 1.77. The number of hydrazine groups is 1. The van der Waals surface area contributed by atoms with Crippen LogP contribution in [0.3, 0.4) is 0 Å². The molecule has 6 nitrogen and oxygen atoms in total. The van der Waals surface area contributed by atoms with E-state index in [4.69, 9.17) is 5.11 Å². The average Bonchev–Trinajstić information content (AvgIpc) is 2.75. The van der Waals surface area contributed by atoms with E-state index in [1.165, 1.54) is 0 Å². The first-order valence-electron chi connectivity index (χ1n) is 6.76. The lowest BCUT2D eigenvalue weighted by molar-refractivity contribution is -0.124. The number of nitrogens with zero attached hydrogens (tertiary/aromatic N) is 2. The SMILES string of the molecule is OCC(O)CC1CCCN1N1CC(O)CC(O)C1. The third-order valence-electron chi connectivity index (χ3n) is 3.85. The molecule has 0 aromatic rings. The van der Waals surface area contributed by atoms with Crippen LogP contribution in [-0.2, 0) is 0 Å². The number of piperidine rings is 1. The largest absolute Gasteiger partial charge is 0.394 e. The number of aliphatic hydroxyl groups is 4. The monoisotopic (exact) mass is 260 g/mol. The van der Waals surface area contributed by atoms with Gasteiger partial charge in [0.05, 0.1) is 24.9 Å². The van der Waals surface area contributed by atoms with Gasteiger partial charge >= 0.3 is 0 Å². The minimum Gasteiger partial charge on any atom is -0.394 e. The molecule has 2 fully saturated rings. The second kappa shape index (κ2) is 6.27. The molecule has 6 heteroatoms. The van der Waals surface area contributed by atoms with Gasteiger partial charge < -0.3 is 20.4 Å². The molecular formula is C12H24N2O4. The van der Waals surface area contributed by atoms with Crippen molar-refractivity contribution in [2.75, 3.05) is 26.2 Å². The van der Waals surface area contributed by atoms with Crippen molar-refractivity contribution in [3.05, 3.63) is 0 Å². The van der Waals surface area contributed by atoms with Crippen LogP contribution in [0.1, 0.15) is 25.7 Å². The highest BCUT2D eigenvalue weighted by atomic mass is 16.3. The Kier molecular flexibility index (Phi) is 4.94. The van der Waals surface area contributed by atoms with E-state index in [0.717, 1.165) is 19.4 Å². The van der Waals surface area contributed by atoms with Gasteiger partial charge in [0, 0.05) is 32.1 Å². The number of rotatable bonds is 4. The molecule has 2 heterocycles. The Morgan fingerprint density at radius 2 is 1.83 bits per heavy atom. The van der Waals surface area contributed by atoms with Crippen molar-refractivity contribution in [3.63, 3.8) is 0 Å². The molecule has 0 amide bonds. The second-order valence-corrected chi connectivity index (χ2v) is 5.45. The molecule has 0 bridgehead atoms. The van der Waals surface area contributed by atoms with Gasteiger partial charge in [-0.1, -0.05) is 0 Å². The van der Waals surface area contributed by atoms with Crippen molar-refractivity contribution in [1.29, 1.82) is 0 Å². The zero-order valence-electron chi connectivity index (χ0n) is 10.6. The van der Waals surface area contributed by atoms with Gasteiger partial charge in [-0.3, -0.25) is 0 Å². The average molecular weight is 260 g/mol. The molecule has 0 radical (unpaired) electrons. The number of aliphatic hydroxyl groups excluding tert-OH is 4. The van der Waals surface area contributed by atoms with Crippen LogP contribution in [-0.4, -0.2) is 81.0 Å². The Labute approximate surface area is 107 Å². The van der Waals surface area contributed by atoms with Gasteiger partial charge in [-0.15, -0.1) is 0 Å². The molecule has 0 aromatic carbocycles. The zero-order valence-corrected chi connectivity index (χ0v) is 10.6. The highest BCUT2D eigenvalue weighted by Crippen LogP contribution is 2.25. The van der Waals surface area contributed by atoms with E-state index >= 15 is 0 Å². The fourth-order valence-corrected chi connectivity index (χ4v) is 3.05. The normalized spacial score (nSPS) is 37.0. The maximum Gasteiger partial charge on any atom is 0.0786 e. The summed E-state index contributed by atoms with van der Waals surface area (Å²) in [4.78, 5) is 0. The first-order valence-corrected chi connectivity index (χ1v) is 6.76. The Hall–Kier alpha value is -0.240. The second-order valence-electron chi connectivity index (χ2n) is 5.45.